The quantitative estimate of drug-likeness (QED) is 0.875. The average molecular weight is 308 g/mol. The van der Waals surface area contributed by atoms with E-state index in [-0.39, 0.29) is 0 Å². The van der Waals surface area contributed by atoms with E-state index in [4.69, 9.17) is 16.3 Å². The van der Waals surface area contributed by atoms with Crippen molar-refractivity contribution in [3.63, 3.8) is 0 Å². The summed E-state index contributed by atoms with van der Waals surface area (Å²) < 4.78 is 7.24. The third-order valence-corrected chi connectivity index (χ3v) is 3.99. The van der Waals surface area contributed by atoms with Crippen LogP contribution in [0.2, 0.25) is 5.02 Å². The molecule has 0 atom stereocenters. The fraction of sp³-hybridized carbons (Fsp3) is 0.438. The topological polar surface area (TPSA) is 39.1 Å². The summed E-state index contributed by atoms with van der Waals surface area (Å²) in [7, 11) is 1.68. The predicted molar refractivity (Wildman–Crippen MR) is 87.3 cm³/mol. The van der Waals surface area contributed by atoms with E-state index in [0.717, 1.165) is 46.4 Å². The third kappa shape index (κ3) is 3.32. The van der Waals surface area contributed by atoms with E-state index in [0.29, 0.717) is 6.54 Å². The Bertz CT molecular complexity index is 622. The first kappa shape index (κ1) is 15.7. The lowest BCUT2D eigenvalue weighted by molar-refractivity contribution is 0.412. The molecule has 1 heterocycles. The van der Waals surface area contributed by atoms with Gasteiger partial charge in [-0.25, -0.2) is 0 Å². The van der Waals surface area contributed by atoms with Crippen molar-refractivity contribution in [1.82, 2.24) is 9.78 Å². The zero-order valence-electron chi connectivity index (χ0n) is 13.0. The molecule has 0 fully saturated rings. The zero-order chi connectivity index (χ0) is 15.4. The minimum Gasteiger partial charge on any atom is -0.496 e. The molecule has 0 aliphatic carbocycles. The van der Waals surface area contributed by atoms with E-state index in [1.807, 2.05) is 23.7 Å². The summed E-state index contributed by atoms with van der Waals surface area (Å²) in [4.78, 5) is 0. The van der Waals surface area contributed by atoms with Gasteiger partial charge in [0.2, 0.25) is 0 Å². The Balaban J connectivity index is 2.16. The highest BCUT2D eigenvalue weighted by Crippen LogP contribution is 2.25. The normalized spacial score (nSPS) is 10.7. The second-order valence-electron chi connectivity index (χ2n) is 4.91. The Labute approximate surface area is 131 Å². The van der Waals surface area contributed by atoms with Gasteiger partial charge in [-0.3, -0.25) is 4.68 Å². The molecule has 2 aromatic rings. The molecule has 0 amide bonds. The van der Waals surface area contributed by atoms with Crippen molar-refractivity contribution in [2.24, 2.45) is 0 Å². The van der Waals surface area contributed by atoms with Crippen molar-refractivity contribution in [3.05, 3.63) is 40.2 Å². The number of nitrogens with one attached hydrogen (secondary N) is 1. The summed E-state index contributed by atoms with van der Waals surface area (Å²) in [6.45, 7) is 7.65. The van der Waals surface area contributed by atoms with Gasteiger partial charge >= 0.3 is 0 Å². The summed E-state index contributed by atoms with van der Waals surface area (Å²) in [5.74, 6) is 0.894. The summed E-state index contributed by atoms with van der Waals surface area (Å²) in [6.07, 6.45) is 0.848. The van der Waals surface area contributed by atoms with Gasteiger partial charge in [0.15, 0.2) is 0 Å². The number of methoxy groups -OCH3 is 1. The minimum absolute atomic E-state index is 0.658. The van der Waals surface area contributed by atoms with Crippen LogP contribution >= 0.6 is 11.6 Å². The molecule has 1 N–H and O–H groups in total. The molecule has 0 bridgehead atoms. The minimum atomic E-state index is 0.658. The number of nitrogens with zero attached hydrogens (tertiary/aromatic N) is 2. The molecule has 0 aliphatic rings. The maximum Gasteiger partial charge on any atom is 0.121 e. The number of ether oxygens (including phenoxy) is 1. The number of halogens is 1. The van der Waals surface area contributed by atoms with Crippen molar-refractivity contribution in [2.75, 3.05) is 12.4 Å². The van der Waals surface area contributed by atoms with Crippen molar-refractivity contribution in [1.29, 1.82) is 0 Å². The maximum atomic E-state index is 6.41. The van der Waals surface area contributed by atoms with Crippen LogP contribution in [-0.2, 0) is 19.5 Å². The van der Waals surface area contributed by atoms with E-state index >= 15 is 0 Å². The third-order valence-electron chi connectivity index (χ3n) is 3.55. The lowest BCUT2D eigenvalue weighted by Gasteiger charge is -2.11. The number of aryl methyl sites for hydroxylation is 3. The van der Waals surface area contributed by atoms with Crippen molar-refractivity contribution >= 4 is 17.3 Å². The molecule has 1 aromatic heterocycles. The van der Waals surface area contributed by atoms with Crippen LogP contribution in [0.4, 0.5) is 5.69 Å². The average Bonchev–Trinajstić information content (AvgIpc) is 2.80. The van der Waals surface area contributed by atoms with Crippen LogP contribution in [0.25, 0.3) is 0 Å². The summed E-state index contributed by atoms with van der Waals surface area (Å²) in [5, 5.41) is 8.71. The largest absolute Gasteiger partial charge is 0.496 e. The van der Waals surface area contributed by atoms with Crippen molar-refractivity contribution < 1.29 is 4.74 Å². The highest BCUT2D eigenvalue weighted by atomic mass is 35.5. The van der Waals surface area contributed by atoms with Gasteiger partial charge in [0.05, 0.1) is 30.1 Å². The highest BCUT2D eigenvalue weighted by molar-refractivity contribution is 6.31. The van der Waals surface area contributed by atoms with Crippen LogP contribution in [0, 0.1) is 6.92 Å². The van der Waals surface area contributed by atoms with Crippen LogP contribution in [0.15, 0.2) is 18.2 Å². The second-order valence-corrected chi connectivity index (χ2v) is 5.29. The van der Waals surface area contributed by atoms with E-state index < -0.39 is 0 Å². The van der Waals surface area contributed by atoms with Gasteiger partial charge in [0.1, 0.15) is 5.75 Å². The molecular weight excluding hydrogens is 286 g/mol. The monoisotopic (exact) mass is 307 g/mol. The number of aromatic nitrogens is 2. The van der Waals surface area contributed by atoms with Crippen LogP contribution in [-0.4, -0.2) is 16.9 Å². The lowest BCUT2D eigenvalue weighted by atomic mass is 10.2. The van der Waals surface area contributed by atoms with E-state index in [9.17, 15) is 0 Å². The smallest absolute Gasteiger partial charge is 0.121 e. The Morgan fingerprint density at radius 2 is 2.10 bits per heavy atom. The first-order chi connectivity index (χ1) is 10.1. The number of benzene rings is 1. The molecule has 4 nitrogen and oxygen atoms in total. The molecule has 114 valence electrons. The molecule has 2 rings (SSSR count). The Kier molecular flexibility index (Phi) is 5.12. The molecule has 0 spiro atoms. The Hall–Kier alpha value is -1.68. The van der Waals surface area contributed by atoms with Gasteiger partial charge < -0.3 is 10.1 Å². The van der Waals surface area contributed by atoms with Gasteiger partial charge in [-0.15, -0.1) is 0 Å². The Morgan fingerprint density at radius 3 is 2.67 bits per heavy atom. The maximum absolute atomic E-state index is 6.41. The molecule has 1 aromatic carbocycles. The zero-order valence-corrected chi connectivity index (χ0v) is 13.8. The molecule has 0 saturated heterocycles. The molecule has 0 unspecified atom stereocenters. The van der Waals surface area contributed by atoms with Gasteiger partial charge in [-0.2, -0.15) is 5.10 Å². The number of hydrogen-bond donors (Lipinski definition) is 1. The van der Waals surface area contributed by atoms with Crippen LogP contribution in [0.3, 0.4) is 0 Å². The highest BCUT2D eigenvalue weighted by Gasteiger charge is 2.13. The molecular formula is C16H22ClN3O. The second kappa shape index (κ2) is 6.85. The predicted octanol–water partition coefficient (Wildman–Crippen LogP) is 4.05. The van der Waals surface area contributed by atoms with Crippen molar-refractivity contribution in [2.45, 2.75) is 40.3 Å². The SMILES string of the molecule is CCc1nn(CC)c(CNc2ccc(OC)c(C)c2)c1Cl. The van der Waals surface area contributed by atoms with Crippen LogP contribution < -0.4 is 10.1 Å². The number of hydrogen-bond acceptors (Lipinski definition) is 3. The summed E-state index contributed by atoms with van der Waals surface area (Å²) in [5.41, 5.74) is 4.14. The van der Waals surface area contributed by atoms with E-state index in [1.165, 1.54) is 0 Å². The molecule has 0 aliphatic heterocycles. The molecule has 0 radical (unpaired) electrons. The fourth-order valence-electron chi connectivity index (χ4n) is 2.36. The fourth-order valence-corrected chi connectivity index (χ4v) is 2.70. The van der Waals surface area contributed by atoms with Crippen LogP contribution in [0.1, 0.15) is 30.8 Å². The van der Waals surface area contributed by atoms with Crippen molar-refractivity contribution in [3.8, 4) is 5.75 Å². The van der Waals surface area contributed by atoms with Gasteiger partial charge in [-0.1, -0.05) is 18.5 Å². The molecule has 21 heavy (non-hydrogen) atoms. The van der Waals surface area contributed by atoms with E-state index in [2.05, 4.69) is 30.3 Å². The number of rotatable bonds is 6. The summed E-state index contributed by atoms with van der Waals surface area (Å²) >= 11 is 6.41. The first-order valence-corrected chi connectivity index (χ1v) is 7.61. The Morgan fingerprint density at radius 1 is 1.33 bits per heavy atom. The van der Waals surface area contributed by atoms with Gasteiger partial charge in [0, 0.05) is 12.2 Å². The number of anilines is 1. The lowest BCUT2D eigenvalue weighted by Crippen LogP contribution is -2.08. The standard InChI is InChI=1S/C16H22ClN3O/c1-5-13-16(17)14(20(6-2)19-13)10-18-12-7-8-15(21-4)11(3)9-12/h7-9,18H,5-6,10H2,1-4H3. The molecule has 5 heteroatoms. The van der Waals surface area contributed by atoms with E-state index in [1.54, 1.807) is 7.11 Å². The summed E-state index contributed by atoms with van der Waals surface area (Å²) in [6, 6.07) is 6.04. The first-order valence-electron chi connectivity index (χ1n) is 7.23. The van der Waals surface area contributed by atoms with Gasteiger partial charge in [0.25, 0.3) is 0 Å². The van der Waals surface area contributed by atoms with Gasteiger partial charge in [-0.05, 0) is 44.0 Å². The van der Waals surface area contributed by atoms with Crippen LogP contribution in [0.5, 0.6) is 5.75 Å². The molecule has 0 saturated carbocycles.